The summed E-state index contributed by atoms with van der Waals surface area (Å²) in [5.74, 6) is 0. The minimum Gasteiger partial charge on any atom is -0.0645 e. The molecule has 0 saturated heterocycles. The van der Waals surface area contributed by atoms with Gasteiger partial charge in [0.25, 0.3) is 11.4 Å². The van der Waals surface area contributed by atoms with Crippen molar-refractivity contribution >= 4 is 21.5 Å². The predicted octanol–water partition coefficient (Wildman–Crippen LogP) is 11.5. The first-order chi connectivity index (χ1) is 22.6. The largest absolute Gasteiger partial charge is 0.284 e. The average Bonchev–Trinajstić information content (AvgIpc) is 3.06. The van der Waals surface area contributed by atoms with Gasteiger partial charge in [0.05, 0.1) is 20.5 Å². The first kappa shape index (κ1) is 33.6. The van der Waals surface area contributed by atoms with Gasteiger partial charge in [-0.05, 0) is 110 Å². The van der Waals surface area contributed by atoms with E-state index in [2.05, 4.69) is 189 Å². The van der Waals surface area contributed by atoms with Gasteiger partial charge in [-0.2, -0.15) is 0 Å². The number of hydrogen-bond donors (Lipinski definition) is 0. The number of aryl methyl sites for hydroxylation is 2. The number of hydrogen-bond acceptors (Lipinski definition) is 0. The van der Waals surface area contributed by atoms with Crippen LogP contribution in [0.2, 0.25) is 0 Å². The molecule has 0 spiro atoms. The van der Waals surface area contributed by atoms with Crippen molar-refractivity contribution < 1.29 is 9.35 Å². The van der Waals surface area contributed by atoms with Crippen molar-refractivity contribution in [2.75, 3.05) is 0 Å². The fraction of sp³-hybridized carbons (Fsp3) is 0.348. The van der Waals surface area contributed by atoms with E-state index in [1.807, 2.05) is 0 Å². The van der Waals surface area contributed by atoms with Crippen molar-refractivity contribution in [1.29, 1.82) is 0 Å². The van der Waals surface area contributed by atoms with E-state index in [1.54, 1.807) is 0 Å². The Labute approximate surface area is 289 Å². The number of aromatic nitrogens is 2. The molecule has 2 heteroatoms. The molecule has 0 amide bonds. The van der Waals surface area contributed by atoms with Crippen molar-refractivity contribution in [2.45, 2.75) is 105 Å². The maximum absolute atomic E-state index is 2.47. The summed E-state index contributed by atoms with van der Waals surface area (Å²) >= 11 is 0. The molecule has 4 aromatic carbocycles. The van der Waals surface area contributed by atoms with E-state index in [-0.39, 0.29) is 16.2 Å². The smallest absolute Gasteiger partial charge is 0.0645 e. The van der Waals surface area contributed by atoms with Gasteiger partial charge in [-0.15, -0.1) is 0 Å². The summed E-state index contributed by atoms with van der Waals surface area (Å²) < 4.78 is 4.76. The lowest BCUT2D eigenvalue weighted by molar-refractivity contribution is -1.29. The average molecular weight is 635 g/mol. The van der Waals surface area contributed by atoms with Crippen LogP contribution in [0, 0.1) is 13.8 Å². The van der Waals surface area contributed by atoms with Crippen LogP contribution < -0.4 is 9.35 Å². The lowest BCUT2D eigenvalue weighted by Crippen LogP contribution is -2.68. The van der Waals surface area contributed by atoms with Crippen LogP contribution in [0.15, 0.2) is 103 Å². The van der Waals surface area contributed by atoms with E-state index >= 15 is 0 Å². The highest BCUT2D eigenvalue weighted by molar-refractivity contribution is 6.08. The molecule has 0 fully saturated rings. The minimum atomic E-state index is 0.0164. The van der Waals surface area contributed by atoms with Crippen LogP contribution >= 0.6 is 0 Å². The lowest BCUT2D eigenvalue weighted by atomic mass is 9.77. The number of nitrogens with zero attached hydrogens (tertiary/aromatic N) is 2. The first-order valence-corrected chi connectivity index (χ1v) is 17.8. The molecular formula is C46H54N2+2. The molecule has 48 heavy (non-hydrogen) atoms. The summed E-state index contributed by atoms with van der Waals surface area (Å²) in [4.78, 5) is 0. The Morgan fingerprint density at radius 3 is 1.65 bits per heavy atom. The van der Waals surface area contributed by atoms with E-state index in [1.165, 1.54) is 71.9 Å². The van der Waals surface area contributed by atoms with Crippen LogP contribution in [0.1, 0.15) is 103 Å². The molecule has 6 rings (SSSR count). The topological polar surface area (TPSA) is 7.76 Å². The maximum Gasteiger partial charge on any atom is 0.284 e. The highest BCUT2D eigenvalue weighted by Gasteiger charge is 2.34. The predicted molar refractivity (Wildman–Crippen MR) is 205 cm³/mol. The zero-order valence-corrected chi connectivity index (χ0v) is 31.1. The SMILES string of the molecule is CCC(C)(CC)c1cc[n+](-[n+]2ccc(C(C)(C)C)cc2-c2cc(C(C)(C)C)ccc2C)c(-c2cc3ccc4ccccc4c3cc2C)c1. The summed E-state index contributed by atoms with van der Waals surface area (Å²) in [7, 11) is 0. The van der Waals surface area contributed by atoms with Crippen LogP contribution in [0.25, 0.3) is 44.1 Å². The third-order valence-electron chi connectivity index (χ3n) is 11.0. The van der Waals surface area contributed by atoms with E-state index in [9.17, 15) is 0 Å². The number of pyridine rings is 2. The second-order valence-electron chi connectivity index (χ2n) is 16.3. The standard InChI is InChI=1S/C46H54N2/c1-12-46(11,13-2)37-23-25-48(43(30-37)39-27-34-20-19-33-16-14-15-17-38(33)41(34)26-32(39)4)47-24-22-36(45(8,9)10)29-42(47)40-28-35(44(5,6)7)21-18-31(40)3/h14-30H,12-13H2,1-11H3/q+2. The van der Waals surface area contributed by atoms with Crippen LogP contribution in [0.4, 0.5) is 0 Å². The van der Waals surface area contributed by atoms with Crippen molar-refractivity contribution in [3.05, 3.63) is 131 Å². The summed E-state index contributed by atoms with van der Waals surface area (Å²) in [5, 5.41) is 5.16. The molecule has 2 heterocycles. The Morgan fingerprint density at radius 1 is 0.479 bits per heavy atom. The van der Waals surface area contributed by atoms with Gasteiger partial charge in [0, 0.05) is 24.3 Å². The Kier molecular flexibility index (Phi) is 8.61. The first-order valence-electron chi connectivity index (χ1n) is 17.8. The fourth-order valence-electron chi connectivity index (χ4n) is 7.07. The van der Waals surface area contributed by atoms with Crippen molar-refractivity contribution in [1.82, 2.24) is 0 Å². The molecule has 246 valence electrons. The molecule has 0 atom stereocenters. The Bertz CT molecular complexity index is 2150. The summed E-state index contributed by atoms with van der Waals surface area (Å²) in [5.41, 5.74) is 11.7. The van der Waals surface area contributed by atoms with Crippen LogP contribution in [0.3, 0.4) is 0 Å². The minimum absolute atomic E-state index is 0.0164. The normalized spacial score (nSPS) is 12.6. The molecule has 0 unspecified atom stereocenters. The quantitative estimate of drug-likeness (QED) is 0.127. The van der Waals surface area contributed by atoms with Gasteiger partial charge in [0.15, 0.2) is 0 Å². The molecule has 0 bridgehead atoms. The van der Waals surface area contributed by atoms with Crippen LogP contribution in [0.5, 0.6) is 0 Å². The van der Waals surface area contributed by atoms with Crippen LogP contribution in [-0.4, -0.2) is 0 Å². The van der Waals surface area contributed by atoms with Crippen molar-refractivity contribution in [3.63, 3.8) is 0 Å². The van der Waals surface area contributed by atoms with Gasteiger partial charge in [-0.3, -0.25) is 0 Å². The van der Waals surface area contributed by atoms with Gasteiger partial charge in [-0.1, -0.05) is 111 Å². The van der Waals surface area contributed by atoms with Crippen molar-refractivity contribution in [2.24, 2.45) is 0 Å². The monoisotopic (exact) mass is 634 g/mol. The van der Waals surface area contributed by atoms with Gasteiger partial charge >= 0.3 is 0 Å². The zero-order chi connectivity index (χ0) is 34.6. The van der Waals surface area contributed by atoms with Crippen molar-refractivity contribution in [3.8, 4) is 22.5 Å². The Hall–Kier alpha value is -4.30. The molecule has 0 N–H and O–H groups in total. The second-order valence-corrected chi connectivity index (χ2v) is 16.3. The van der Waals surface area contributed by atoms with E-state index in [4.69, 9.17) is 0 Å². The zero-order valence-electron chi connectivity index (χ0n) is 31.1. The Balaban J connectivity index is 1.69. The highest BCUT2D eigenvalue weighted by Crippen LogP contribution is 2.36. The highest BCUT2D eigenvalue weighted by atomic mass is 15.4. The number of rotatable bonds is 6. The molecule has 0 aliphatic heterocycles. The second kappa shape index (κ2) is 12.3. The summed E-state index contributed by atoms with van der Waals surface area (Å²) in [6.07, 6.45) is 6.77. The van der Waals surface area contributed by atoms with Gasteiger partial charge in [0.2, 0.25) is 12.4 Å². The maximum atomic E-state index is 2.47. The van der Waals surface area contributed by atoms with E-state index in [0.29, 0.717) is 0 Å². The van der Waals surface area contributed by atoms with Gasteiger partial charge < -0.3 is 0 Å². The molecule has 0 aliphatic carbocycles. The third kappa shape index (κ3) is 6.07. The van der Waals surface area contributed by atoms with Gasteiger partial charge in [0.1, 0.15) is 0 Å². The molecule has 2 aromatic heterocycles. The lowest BCUT2D eigenvalue weighted by Gasteiger charge is -2.27. The summed E-state index contributed by atoms with van der Waals surface area (Å²) in [6, 6.07) is 34.6. The van der Waals surface area contributed by atoms with E-state index in [0.717, 1.165) is 12.8 Å². The van der Waals surface area contributed by atoms with Crippen LogP contribution in [-0.2, 0) is 16.2 Å². The van der Waals surface area contributed by atoms with E-state index < -0.39 is 0 Å². The number of fused-ring (bicyclic) bond motifs is 3. The Morgan fingerprint density at radius 2 is 1.02 bits per heavy atom. The fourth-order valence-corrected chi connectivity index (χ4v) is 7.07. The molecule has 0 radical (unpaired) electrons. The molecule has 2 nitrogen and oxygen atoms in total. The molecule has 0 saturated carbocycles. The molecule has 0 aliphatic rings. The molecule has 6 aromatic rings. The third-order valence-corrected chi connectivity index (χ3v) is 11.0. The van der Waals surface area contributed by atoms with Gasteiger partial charge in [-0.25, -0.2) is 0 Å². The molecular weight excluding hydrogens is 581 g/mol. The summed E-state index contributed by atoms with van der Waals surface area (Å²) in [6.45, 7) is 25.4. The number of benzene rings is 4.